The molecule has 0 N–H and O–H groups in total. The molecule has 1 saturated carbocycles. The number of rotatable bonds is 1. The Kier molecular flexibility index (Phi) is 2.92. The van der Waals surface area contributed by atoms with Crippen LogP contribution in [0.1, 0.15) is 61.5 Å². The molecule has 1 fully saturated rings. The van der Waals surface area contributed by atoms with Crippen LogP contribution in [-0.2, 0) is 11.8 Å². The molecule has 102 valence electrons. The minimum Gasteiger partial charge on any atom is -0.336 e. The van der Waals surface area contributed by atoms with Crippen LogP contribution in [-0.4, -0.2) is 23.4 Å². The van der Waals surface area contributed by atoms with Crippen LogP contribution in [0.15, 0.2) is 18.2 Å². The molecule has 0 bridgehead atoms. The van der Waals surface area contributed by atoms with Gasteiger partial charge in [0.05, 0.1) is 0 Å². The van der Waals surface area contributed by atoms with E-state index >= 15 is 0 Å². The number of fused-ring (bicyclic) bond motifs is 1. The summed E-state index contributed by atoms with van der Waals surface area (Å²) in [6.07, 6.45) is 4.52. The van der Waals surface area contributed by atoms with Gasteiger partial charge < -0.3 is 4.90 Å². The maximum Gasteiger partial charge on any atom is 0.254 e. The number of benzene rings is 1. The zero-order chi connectivity index (χ0) is 13.6. The lowest BCUT2D eigenvalue weighted by molar-refractivity contribution is 0.0746. The van der Waals surface area contributed by atoms with E-state index in [0.29, 0.717) is 6.04 Å². The van der Waals surface area contributed by atoms with E-state index in [-0.39, 0.29) is 11.3 Å². The Hall–Kier alpha value is -1.31. The monoisotopic (exact) mass is 257 g/mol. The normalized spacial score (nSPS) is 20.2. The van der Waals surface area contributed by atoms with Crippen LogP contribution in [0.4, 0.5) is 0 Å². The summed E-state index contributed by atoms with van der Waals surface area (Å²) in [4.78, 5) is 15.0. The van der Waals surface area contributed by atoms with Crippen molar-refractivity contribution in [3.63, 3.8) is 0 Å². The molecule has 1 aromatic carbocycles. The van der Waals surface area contributed by atoms with Crippen molar-refractivity contribution >= 4 is 5.91 Å². The summed E-state index contributed by atoms with van der Waals surface area (Å²) in [6.45, 7) is 7.52. The molecule has 1 amide bonds. The molecule has 0 aromatic heterocycles. The van der Waals surface area contributed by atoms with Crippen molar-refractivity contribution in [3.05, 3.63) is 34.9 Å². The van der Waals surface area contributed by atoms with Gasteiger partial charge in [-0.05, 0) is 42.2 Å². The number of amides is 1. The average molecular weight is 257 g/mol. The maximum atomic E-state index is 12.9. The number of hydrogen-bond donors (Lipinski definition) is 0. The number of carbonyl (C=O) groups excluding carboxylic acids is 1. The number of nitrogens with zero attached hydrogens (tertiary/aromatic N) is 1. The molecule has 1 heterocycles. The molecule has 2 aliphatic rings. The molecule has 1 aliphatic carbocycles. The van der Waals surface area contributed by atoms with Gasteiger partial charge >= 0.3 is 0 Å². The average Bonchev–Trinajstić information content (AvgIpc) is 3.15. The van der Waals surface area contributed by atoms with E-state index in [0.717, 1.165) is 24.9 Å². The third-order valence-electron chi connectivity index (χ3n) is 4.27. The largest absolute Gasteiger partial charge is 0.336 e. The summed E-state index contributed by atoms with van der Waals surface area (Å²) in [6, 6.07) is 6.90. The highest BCUT2D eigenvalue weighted by Crippen LogP contribution is 2.35. The summed E-state index contributed by atoms with van der Waals surface area (Å²) in [7, 11) is 0. The van der Waals surface area contributed by atoms with Crippen molar-refractivity contribution < 1.29 is 4.79 Å². The highest BCUT2D eigenvalue weighted by Gasteiger charge is 2.36. The minimum atomic E-state index is 0.0283. The fourth-order valence-electron chi connectivity index (χ4n) is 3.11. The van der Waals surface area contributed by atoms with Crippen LogP contribution < -0.4 is 0 Å². The van der Waals surface area contributed by atoms with Gasteiger partial charge in [0.15, 0.2) is 0 Å². The fraction of sp³-hybridized carbons (Fsp3) is 0.588. The van der Waals surface area contributed by atoms with Crippen LogP contribution in [0.3, 0.4) is 0 Å². The molecule has 0 radical (unpaired) electrons. The van der Waals surface area contributed by atoms with Gasteiger partial charge in [0.1, 0.15) is 0 Å². The highest BCUT2D eigenvalue weighted by molar-refractivity contribution is 5.98. The van der Waals surface area contributed by atoms with E-state index in [4.69, 9.17) is 0 Å². The first-order valence-corrected chi connectivity index (χ1v) is 7.42. The molecule has 2 nitrogen and oxygen atoms in total. The first kappa shape index (κ1) is 12.7. The Morgan fingerprint density at radius 3 is 2.58 bits per heavy atom. The lowest BCUT2D eigenvalue weighted by atomic mass is 9.81. The lowest BCUT2D eigenvalue weighted by Crippen LogP contribution is -2.34. The zero-order valence-corrected chi connectivity index (χ0v) is 12.2. The standard InChI is InChI=1S/C17H23NO/c1-17(2,3)14-8-4-6-12-7-5-11-18(13-9-10-13)16(19)15(12)14/h4,6,8,13H,5,7,9-11H2,1-3H3. The zero-order valence-electron chi connectivity index (χ0n) is 12.2. The molecule has 2 heteroatoms. The van der Waals surface area contributed by atoms with Crippen molar-refractivity contribution in [1.29, 1.82) is 0 Å². The van der Waals surface area contributed by atoms with Crippen molar-refractivity contribution in [1.82, 2.24) is 4.90 Å². The summed E-state index contributed by atoms with van der Waals surface area (Å²) in [5, 5.41) is 0. The van der Waals surface area contributed by atoms with Crippen molar-refractivity contribution in [2.45, 2.75) is 57.9 Å². The SMILES string of the molecule is CC(C)(C)c1cccc2c1C(=O)N(C1CC1)CCC2. The molecule has 19 heavy (non-hydrogen) atoms. The smallest absolute Gasteiger partial charge is 0.254 e. The number of carbonyl (C=O) groups is 1. The quantitative estimate of drug-likeness (QED) is 0.753. The Morgan fingerprint density at radius 1 is 1.21 bits per heavy atom. The third kappa shape index (κ3) is 2.29. The Balaban J connectivity index is 2.10. The second-order valence-electron chi connectivity index (χ2n) is 6.92. The van der Waals surface area contributed by atoms with Crippen molar-refractivity contribution in [2.24, 2.45) is 0 Å². The summed E-state index contributed by atoms with van der Waals surface area (Å²) >= 11 is 0. The molecular formula is C17H23NO. The van der Waals surface area contributed by atoms with E-state index in [2.05, 4.69) is 43.9 Å². The highest BCUT2D eigenvalue weighted by atomic mass is 16.2. The minimum absolute atomic E-state index is 0.0283. The Morgan fingerprint density at radius 2 is 1.95 bits per heavy atom. The lowest BCUT2D eigenvalue weighted by Gasteiger charge is -2.26. The van der Waals surface area contributed by atoms with Gasteiger partial charge in [0.25, 0.3) is 5.91 Å². The molecule has 0 saturated heterocycles. The van der Waals surface area contributed by atoms with Gasteiger partial charge in [-0.3, -0.25) is 4.79 Å². The Labute approximate surface area is 115 Å². The molecule has 0 spiro atoms. The number of aryl methyl sites for hydroxylation is 1. The third-order valence-corrected chi connectivity index (χ3v) is 4.27. The second kappa shape index (κ2) is 4.36. The van der Waals surface area contributed by atoms with Crippen LogP contribution in [0.2, 0.25) is 0 Å². The van der Waals surface area contributed by atoms with Gasteiger partial charge in [-0.25, -0.2) is 0 Å². The molecule has 0 unspecified atom stereocenters. The summed E-state index contributed by atoms with van der Waals surface area (Å²) < 4.78 is 0. The second-order valence-corrected chi connectivity index (χ2v) is 6.92. The van der Waals surface area contributed by atoms with E-state index in [1.807, 2.05) is 0 Å². The van der Waals surface area contributed by atoms with Gasteiger partial charge in [-0.1, -0.05) is 39.0 Å². The van der Waals surface area contributed by atoms with Crippen LogP contribution in [0, 0.1) is 0 Å². The molecule has 0 atom stereocenters. The van der Waals surface area contributed by atoms with Crippen molar-refractivity contribution in [3.8, 4) is 0 Å². The summed E-state index contributed by atoms with van der Waals surface area (Å²) in [5.74, 6) is 0.278. The van der Waals surface area contributed by atoms with E-state index in [9.17, 15) is 4.79 Å². The molecule has 1 aromatic rings. The van der Waals surface area contributed by atoms with Gasteiger partial charge in [-0.15, -0.1) is 0 Å². The van der Waals surface area contributed by atoms with Gasteiger partial charge in [0.2, 0.25) is 0 Å². The van der Waals surface area contributed by atoms with Crippen LogP contribution in [0.5, 0.6) is 0 Å². The molecule has 3 rings (SSSR count). The van der Waals surface area contributed by atoms with E-state index in [1.54, 1.807) is 0 Å². The van der Waals surface area contributed by atoms with Gasteiger partial charge in [-0.2, -0.15) is 0 Å². The first-order valence-electron chi connectivity index (χ1n) is 7.42. The summed E-state index contributed by atoms with van der Waals surface area (Å²) in [5.41, 5.74) is 3.49. The van der Waals surface area contributed by atoms with Gasteiger partial charge in [0, 0.05) is 18.2 Å². The maximum absolute atomic E-state index is 12.9. The number of hydrogen-bond acceptors (Lipinski definition) is 1. The van der Waals surface area contributed by atoms with Crippen LogP contribution >= 0.6 is 0 Å². The van der Waals surface area contributed by atoms with E-state index in [1.165, 1.54) is 24.0 Å². The van der Waals surface area contributed by atoms with Crippen LogP contribution in [0.25, 0.3) is 0 Å². The fourth-order valence-corrected chi connectivity index (χ4v) is 3.11. The predicted octanol–water partition coefficient (Wildman–Crippen LogP) is 3.53. The molecular weight excluding hydrogens is 234 g/mol. The first-order chi connectivity index (χ1) is 8.98. The predicted molar refractivity (Wildman–Crippen MR) is 77.5 cm³/mol. The topological polar surface area (TPSA) is 20.3 Å². The van der Waals surface area contributed by atoms with Crippen molar-refractivity contribution in [2.75, 3.05) is 6.54 Å². The van der Waals surface area contributed by atoms with E-state index < -0.39 is 0 Å². The molecule has 1 aliphatic heterocycles. The Bertz CT molecular complexity index is 508.